The second-order valence-electron chi connectivity index (χ2n) is 10.5. The van der Waals surface area contributed by atoms with E-state index in [9.17, 15) is 4.79 Å². The van der Waals surface area contributed by atoms with Crippen LogP contribution >= 0.6 is 11.8 Å². The topological polar surface area (TPSA) is 68.2 Å². The molecule has 0 aliphatic heterocycles. The lowest BCUT2D eigenvalue weighted by atomic mass is 9.77. The van der Waals surface area contributed by atoms with E-state index in [1.54, 1.807) is 11.8 Å². The van der Waals surface area contributed by atoms with Gasteiger partial charge in [-0.15, -0.1) is 0 Å². The maximum absolute atomic E-state index is 13.4. The van der Waals surface area contributed by atoms with Crippen molar-refractivity contribution in [1.29, 1.82) is 0 Å². The van der Waals surface area contributed by atoms with Crippen molar-refractivity contribution >= 4 is 17.7 Å². The van der Waals surface area contributed by atoms with E-state index >= 15 is 0 Å². The molecule has 6 nitrogen and oxygen atoms in total. The molecule has 2 N–H and O–H groups in total. The highest BCUT2D eigenvalue weighted by molar-refractivity contribution is 7.98. The average Bonchev–Trinajstić information content (AvgIpc) is 3.53. The van der Waals surface area contributed by atoms with Crippen LogP contribution in [0.2, 0.25) is 0 Å². The van der Waals surface area contributed by atoms with Gasteiger partial charge in [0.15, 0.2) is 5.54 Å². The smallest absolute Gasteiger partial charge is 0.332 e. The standard InChI is InChI=1S/C36H38N4O2S/c1-28-15-13-14-22-33(28)35(23-24-43-3,34(41)42-2)39-38-25-32-26-40(27-37-32)36(29-16-7-4-8-17-29,30-18-9-5-10-19-30)31-20-11-6-12-21-31/h4-22,26-27,38-39H,23-25H2,1-3H3/t35-/m1/s1. The number of aryl methyl sites for hydroxylation is 1. The zero-order valence-corrected chi connectivity index (χ0v) is 25.7. The van der Waals surface area contributed by atoms with Crippen LogP contribution < -0.4 is 10.9 Å². The molecule has 0 aliphatic rings. The van der Waals surface area contributed by atoms with Gasteiger partial charge in [0, 0.05) is 6.20 Å². The number of hydrogen-bond acceptors (Lipinski definition) is 6. The van der Waals surface area contributed by atoms with Crippen LogP contribution in [0, 0.1) is 6.92 Å². The van der Waals surface area contributed by atoms with Crippen molar-refractivity contribution in [1.82, 2.24) is 20.4 Å². The molecule has 0 saturated carbocycles. The van der Waals surface area contributed by atoms with Gasteiger partial charge in [0.25, 0.3) is 0 Å². The van der Waals surface area contributed by atoms with Crippen molar-refractivity contribution in [2.24, 2.45) is 0 Å². The summed E-state index contributed by atoms with van der Waals surface area (Å²) in [7, 11) is 1.44. The number of methoxy groups -OCH3 is 1. The predicted octanol–water partition coefficient (Wildman–Crippen LogP) is 6.45. The molecule has 0 bridgehead atoms. The number of benzene rings is 4. The van der Waals surface area contributed by atoms with Gasteiger partial charge in [-0.25, -0.2) is 15.2 Å². The monoisotopic (exact) mass is 590 g/mol. The highest BCUT2D eigenvalue weighted by atomic mass is 32.2. The Morgan fingerprint density at radius 2 is 1.37 bits per heavy atom. The van der Waals surface area contributed by atoms with Crippen LogP contribution in [-0.4, -0.2) is 34.6 Å². The van der Waals surface area contributed by atoms with E-state index in [0.717, 1.165) is 39.3 Å². The van der Waals surface area contributed by atoms with E-state index in [0.29, 0.717) is 13.0 Å². The summed E-state index contributed by atoms with van der Waals surface area (Å²) in [6.45, 7) is 2.41. The number of nitrogens with one attached hydrogen (secondary N) is 2. The van der Waals surface area contributed by atoms with Gasteiger partial charge in [-0.3, -0.25) is 5.43 Å². The van der Waals surface area contributed by atoms with E-state index in [-0.39, 0.29) is 5.97 Å². The molecule has 0 amide bonds. The number of carbonyl (C=O) groups is 1. The molecule has 0 unspecified atom stereocenters. The lowest BCUT2D eigenvalue weighted by Gasteiger charge is -2.37. The zero-order valence-electron chi connectivity index (χ0n) is 24.9. The fraction of sp³-hybridized carbons (Fsp3) is 0.222. The molecule has 0 saturated heterocycles. The molecule has 1 heterocycles. The minimum atomic E-state index is -1.05. The Kier molecular flexibility index (Phi) is 9.77. The van der Waals surface area contributed by atoms with Crippen LogP contribution in [0.1, 0.15) is 39.9 Å². The first-order valence-corrected chi connectivity index (χ1v) is 15.8. The summed E-state index contributed by atoms with van der Waals surface area (Å²) < 4.78 is 7.54. The fourth-order valence-electron chi connectivity index (χ4n) is 5.92. The zero-order chi connectivity index (χ0) is 30.1. The molecule has 1 aromatic heterocycles. The molecule has 1 atom stereocenters. The number of ether oxygens (including phenoxy) is 1. The molecule has 0 fully saturated rings. The molecule has 0 aliphatic carbocycles. The van der Waals surface area contributed by atoms with Gasteiger partial charge in [-0.1, -0.05) is 115 Å². The van der Waals surface area contributed by atoms with Crippen molar-refractivity contribution in [3.63, 3.8) is 0 Å². The molecule has 5 rings (SSSR count). The number of esters is 1. The summed E-state index contributed by atoms with van der Waals surface area (Å²) in [4.78, 5) is 18.2. The number of carbonyl (C=O) groups excluding carboxylic acids is 1. The first-order chi connectivity index (χ1) is 21.1. The second-order valence-corrected chi connectivity index (χ2v) is 11.5. The number of hydrogen-bond donors (Lipinski definition) is 2. The van der Waals surface area contributed by atoms with E-state index in [1.165, 1.54) is 7.11 Å². The summed E-state index contributed by atoms with van der Waals surface area (Å²) in [5.74, 6) is 0.450. The fourth-order valence-corrected chi connectivity index (χ4v) is 6.43. The van der Waals surface area contributed by atoms with Crippen LogP contribution in [0.4, 0.5) is 0 Å². The molecular formula is C36H38N4O2S. The quantitative estimate of drug-likeness (QED) is 0.0934. The third-order valence-corrected chi connectivity index (χ3v) is 8.60. The van der Waals surface area contributed by atoms with Crippen molar-refractivity contribution < 1.29 is 9.53 Å². The van der Waals surface area contributed by atoms with Crippen LogP contribution in [0.3, 0.4) is 0 Å². The summed E-state index contributed by atoms with van der Waals surface area (Å²) >= 11 is 1.70. The van der Waals surface area contributed by atoms with E-state index < -0.39 is 11.1 Å². The Labute approximate surface area is 258 Å². The van der Waals surface area contributed by atoms with Crippen LogP contribution in [0.25, 0.3) is 0 Å². The molecule has 43 heavy (non-hydrogen) atoms. The lowest BCUT2D eigenvalue weighted by molar-refractivity contribution is -0.150. The van der Waals surface area contributed by atoms with Crippen molar-refractivity contribution in [3.8, 4) is 0 Å². The lowest BCUT2D eigenvalue weighted by Crippen LogP contribution is -2.56. The molecule has 0 spiro atoms. The maximum Gasteiger partial charge on any atom is 0.332 e. The second kappa shape index (κ2) is 13.9. The molecular weight excluding hydrogens is 552 g/mol. The first kappa shape index (κ1) is 30.3. The Balaban J connectivity index is 1.52. The molecule has 5 aromatic rings. The third kappa shape index (κ3) is 6.02. The van der Waals surface area contributed by atoms with Gasteiger partial charge in [-0.05, 0) is 53.2 Å². The molecule has 0 radical (unpaired) electrons. The number of imidazole rings is 1. The van der Waals surface area contributed by atoms with Crippen LogP contribution in [-0.2, 0) is 27.2 Å². The predicted molar refractivity (Wildman–Crippen MR) is 175 cm³/mol. The summed E-state index contributed by atoms with van der Waals surface area (Å²) in [5, 5.41) is 0. The first-order valence-electron chi connectivity index (χ1n) is 14.4. The highest BCUT2D eigenvalue weighted by Crippen LogP contribution is 2.40. The Hall–Kier alpha value is -4.17. The van der Waals surface area contributed by atoms with E-state index in [1.807, 2.05) is 62.0 Å². The van der Waals surface area contributed by atoms with Crippen molar-refractivity contribution in [2.45, 2.75) is 31.0 Å². The maximum atomic E-state index is 13.4. The summed E-state index contributed by atoms with van der Waals surface area (Å²) in [6, 6.07) is 39.5. The van der Waals surface area contributed by atoms with Crippen molar-refractivity contribution in [3.05, 3.63) is 161 Å². The molecule has 220 valence electrons. The number of hydrazine groups is 1. The normalized spacial score (nSPS) is 12.9. The van der Waals surface area contributed by atoms with Gasteiger partial charge in [0.2, 0.25) is 0 Å². The average molecular weight is 591 g/mol. The van der Waals surface area contributed by atoms with E-state index in [4.69, 9.17) is 9.72 Å². The molecule has 7 heteroatoms. The molecule has 4 aromatic carbocycles. The van der Waals surface area contributed by atoms with E-state index in [2.05, 4.69) is 94.4 Å². The number of thioether (sulfide) groups is 1. The van der Waals surface area contributed by atoms with Gasteiger partial charge >= 0.3 is 5.97 Å². The Morgan fingerprint density at radius 1 is 0.837 bits per heavy atom. The third-order valence-electron chi connectivity index (χ3n) is 7.99. The highest BCUT2D eigenvalue weighted by Gasteiger charge is 2.42. The number of nitrogens with zero attached hydrogens (tertiary/aromatic N) is 2. The summed E-state index contributed by atoms with van der Waals surface area (Å²) in [5.41, 5.74) is 11.2. The van der Waals surface area contributed by atoms with Gasteiger partial charge < -0.3 is 9.30 Å². The van der Waals surface area contributed by atoms with Gasteiger partial charge in [0.05, 0.1) is 25.7 Å². The van der Waals surface area contributed by atoms with Crippen molar-refractivity contribution in [2.75, 3.05) is 19.1 Å². The summed E-state index contributed by atoms with van der Waals surface area (Å²) in [6.07, 6.45) is 6.58. The Morgan fingerprint density at radius 3 is 1.88 bits per heavy atom. The number of aromatic nitrogens is 2. The van der Waals surface area contributed by atoms with Gasteiger partial charge in [-0.2, -0.15) is 11.8 Å². The van der Waals surface area contributed by atoms with Crippen LogP contribution in [0.15, 0.2) is 128 Å². The minimum Gasteiger partial charge on any atom is -0.467 e. The van der Waals surface area contributed by atoms with Crippen LogP contribution in [0.5, 0.6) is 0 Å². The minimum absolute atomic E-state index is 0.329. The largest absolute Gasteiger partial charge is 0.467 e. The number of rotatable bonds is 13. The van der Waals surface area contributed by atoms with Gasteiger partial charge in [0.1, 0.15) is 5.54 Å². The SMILES string of the molecule is COC(=O)[C@](CCSC)(NNCc1cn(C(c2ccccc2)(c2ccccc2)c2ccccc2)cn1)c1ccccc1C. The Bertz CT molecular complexity index is 1510.